The van der Waals surface area contributed by atoms with E-state index in [-0.39, 0.29) is 12.3 Å². The standard InChI is InChI=1S/C19H17NO4/c1-12-15(11-18(21)22)13-7-3-5-9-16(13)20(12)19(23)14-8-4-6-10-17(14)24-2/h3-10H,11H2,1-2H3,(H,21,22). The minimum atomic E-state index is -0.925. The molecule has 0 saturated carbocycles. The number of para-hydroxylation sites is 2. The van der Waals surface area contributed by atoms with Crippen molar-refractivity contribution in [3.8, 4) is 5.75 Å². The second kappa shape index (κ2) is 6.20. The van der Waals surface area contributed by atoms with Gasteiger partial charge in [-0.25, -0.2) is 0 Å². The van der Waals surface area contributed by atoms with Gasteiger partial charge in [0.15, 0.2) is 0 Å². The predicted molar refractivity (Wildman–Crippen MR) is 90.7 cm³/mol. The summed E-state index contributed by atoms with van der Waals surface area (Å²) in [5, 5.41) is 9.96. The molecule has 0 fully saturated rings. The van der Waals surface area contributed by atoms with Crippen molar-refractivity contribution >= 4 is 22.8 Å². The van der Waals surface area contributed by atoms with Crippen molar-refractivity contribution in [2.45, 2.75) is 13.3 Å². The summed E-state index contributed by atoms with van der Waals surface area (Å²) >= 11 is 0. The number of ether oxygens (including phenoxy) is 1. The minimum absolute atomic E-state index is 0.126. The van der Waals surface area contributed by atoms with Gasteiger partial charge in [-0.1, -0.05) is 30.3 Å². The number of carbonyl (C=O) groups is 2. The summed E-state index contributed by atoms with van der Waals surface area (Å²) < 4.78 is 6.84. The van der Waals surface area contributed by atoms with E-state index < -0.39 is 5.97 Å². The van der Waals surface area contributed by atoms with Crippen LogP contribution in [0.5, 0.6) is 5.75 Å². The topological polar surface area (TPSA) is 68.5 Å². The third-order valence-corrected chi connectivity index (χ3v) is 4.11. The van der Waals surface area contributed by atoms with Gasteiger partial charge in [0.2, 0.25) is 0 Å². The SMILES string of the molecule is COc1ccccc1C(=O)n1c(C)c(CC(=O)O)c2ccccc21. The first-order valence-corrected chi connectivity index (χ1v) is 7.53. The largest absolute Gasteiger partial charge is 0.496 e. The third-order valence-electron chi connectivity index (χ3n) is 4.11. The van der Waals surface area contributed by atoms with Gasteiger partial charge in [0, 0.05) is 11.1 Å². The van der Waals surface area contributed by atoms with Crippen LogP contribution in [0.2, 0.25) is 0 Å². The minimum Gasteiger partial charge on any atom is -0.496 e. The van der Waals surface area contributed by atoms with Gasteiger partial charge in [0.05, 0.1) is 24.6 Å². The Morgan fingerprint density at radius 1 is 1.08 bits per heavy atom. The van der Waals surface area contributed by atoms with Gasteiger partial charge in [-0.2, -0.15) is 0 Å². The third kappa shape index (κ3) is 2.54. The molecular formula is C19H17NO4. The van der Waals surface area contributed by atoms with Crippen LogP contribution in [0.3, 0.4) is 0 Å². The molecule has 5 heteroatoms. The Kier molecular flexibility index (Phi) is 4.08. The molecule has 0 radical (unpaired) electrons. The van der Waals surface area contributed by atoms with Crippen LogP contribution in [0, 0.1) is 6.92 Å². The Labute approximate surface area is 139 Å². The fourth-order valence-corrected chi connectivity index (χ4v) is 3.01. The van der Waals surface area contributed by atoms with Crippen molar-refractivity contribution in [3.63, 3.8) is 0 Å². The summed E-state index contributed by atoms with van der Waals surface area (Å²) in [5.41, 5.74) is 2.42. The summed E-state index contributed by atoms with van der Waals surface area (Å²) in [6.45, 7) is 1.77. The van der Waals surface area contributed by atoms with Crippen molar-refractivity contribution in [2.75, 3.05) is 7.11 Å². The molecule has 0 aliphatic carbocycles. The van der Waals surface area contributed by atoms with Crippen molar-refractivity contribution in [3.05, 3.63) is 65.4 Å². The molecule has 122 valence electrons. The number of carbonyl (C=O) groups excluding carboxylic acids is 1. The monoisotopic (exact) mass is 323 g/mol. The normalized spacial score (nSPS) is 10.8. The second-order valence-electron chi connectivity index (χ2n) is 5.49. The maximum absolute atomic E-state index is 13.1. The quantitative estimate of drug-likeness (QED) is 0.800. The van der Waals surface area contributed by atoms with Gasteiger partial charge >= 0.3 is 5.97 Å². The second-order valence-corrected chi connectivity index (χ2v) is 5.49. The smallest absolute Gasteiger partial charge is 0.307 e. The number of rotatable bonds is 4. The van der Waals surface area contributed by atoms with Crippen LogP contribution in [-0.2, 0) is 11.2 Å². The van der Waals surface area contributed by atoms with Crippen LogP contribution in [-0.4, -0.2) is 28.7 Å². The molecule has 0 amide bonds. The number of carboxylic acids is 1. The van der Waals surface area contributed by atoms with Crippen LogP contribution < -0.4 is 4.74 Å². The number of benzene rings is 2. The van der Waals surface area contributed by atoms with E-state index in [0.717, 1.165) is 5.39 Å². The molecule has 0 aliphatic rings. The van der Waals surface area contributed by atoms with E-state index in [4.69, 9.17) is 4.74 Å². The van der Waals surface area contributed by atoms with E-state index in [0.29, 0.717) is 28.1 Å². The highest BCUT2D eigenvalue weighted by atomic mass is 16.5. The fraction of sp³-hybridized carbons (Fsp3) is 0.158. The number of carboxylic acid groups (broad SMARTS) is 1. The average molecular weight is 323 g/mol. The van der Waals surface area contributed by atoms with E-state index in [1.54, 1.807) is 35.8 Å². The molecule has 3 aromatic rings. The Bertz CT molecular complexity index is 940. The Hall–Kier alpha value is -3.08. The predicted octanol–water partition coefficient (Wildman–Crippen LogP) is 3.27. The number of nitrogens with zero attached hydrogens (tertiary/aromatic N) is 1. The number of hydrogen-bond donors (Lipinski definition) is 1. The van der Waals surface area contributed by atoms with Crippen molar-refractivity contribution < 1.29 is 19.4 Å². The van der Waals surface area contributed by atoms with Crippen LogP contribution in [0.4, 0.5) is 0 Å². The van der Waals surface area contributed by atoms with Gasteiger partial charge < -0.3 is 9.84 Å². The van der Waals surface area contributed by atoms with Crippen LogP contribution in [0.25, 0.3) is 10.9 Å². The lowest BCUT2D eigenvalue weighted by Gasteiger charge is -2.10. The first-order chi connectivity index (χ1) is 11.5. The van der Waals surface area contributed by atoms with E-state index in [1.165, 1.54) is 7.11 Å². The number of aromatic nitrogens is 1. The molecule has 0 bridgehead atoms. The van der Waals surface area contributed by atoms with Gasteiger partial charge in [-0.15, -0.1) is 0 Å². The molecule has 0 aliphatic heterocycles. The van der Waals surface area contributed by atoms with Gasteiger partial charge in [-0.05, 0) is 30.7 Å². The molecule has 1 aromatic heterocycles. The molecule has 1 heterocycles. The zero-order valence-electron chi connectivity index (χ0n) is 13.4. The lowest BCUT2D eigenvalue weighted by atomic mass is 10.1. The van der Waals surface area contributed by atoms with Crippen molar-refractivity contribution in [1.82, 2.24) is 4.57 Å². The number of fused-ring (bicyclic) bond motifs is 1. The van der Waals surface area contributed by atoms with Crippen LogP contribution >= 0.6 is 0 Å². The van der Waals surface area contributed by atoms with Crippen LogP contribution in [0.15, 0.2) is 48.5 Å². The highest BCUT2D eigenvalue weighted by Crippen LogP contribution is 2.29. The first-order valence-electron chi connectivity index (χ1n) is 7.53. The fourth-order valence-electron chi connectivity index (χ4n) is 3.01. The summed E-state index contributed by atoms with van der Waals surface area (Å²) in [6.07, 6.45) is -0.126. The number of hydrogen-bond acceptors (Lipinski definition) is 3. The highest BCUT2D eigenvalue weighted by molar-refractivity contribution is 6.06. The molecule has 0 spiro atoms. The van der Waals surface area contributed by atoms with Crippen molar-refractivity contribution in [2.24, 2.45) is 0 Å². The van der Waals surface area contributed by atoms with E-state index >= 15 is 0 Å². The van der Waals surface area contributed by atoms with Crippen molar-refractivity contribution in [1.29, 1.82) is 0 Å². The molecule has 0 atom stereocenters. The maximum atomic E-state index is 13.1. The molecule has 24 heavy (non-hydrogen) atoms. The van der Waals surface area contributed by atoms with E-state index in [2.05, 4.69) is 0 Å². The Morgan fingerprint density at radius 3 is 2.46 bits per heavy atom. The van der Waals surface area contributed by atoms with Gasteiger partial charge in [0.25, 0.3) is 5.91 Å². The van der Waals surface area contributed by atoms with Crippen LogP contribution in [0.1, 0.15) is 21.6 Å². The summed E-state index contributed by atoms with van der Waals surface area (Å²) in [6, 6.07) is 14.3. The van der Waals surface area contributed by atoms with Gasteiger partial charge in [0.1, 0.15) is 5.75 Å². The van der Waals surface area contributed by atoms with E-state index in [1.807, 2.05) is 24.3 Å². The summed E-state index contributed by atoms with van der Waals surface area (Å²) in [4.78, 5) is 24.3. The molecule has 0 unspecified atom stereocenters. The number of methoxy groups -OCH3 is 1. The molecule has 5 nitrogen and oxygen atoms in total. The molecule has 3 rings (SSSR count). The average Bonchev–Trinajstić information content (AvgIpc) is 2.86. The highest BCUT2D eigenvalue weighted by Gasteiger charge is 2.22. The Balaban J connectivity index is 2.24. The van der Waals surface area contributed by atoms with E-state index in [9.17, 15) is 14.7 Å². The lowest BCUT2D eigenvalue weighted by Crippen LogP contribution is -2.15. The molecule has 0 saturated heterocycles. The van der Waals surface area contributed by atoms with Gasteiger partial charge in [-0.3, -0.25) is 14.2 Å². The Morgan fingerprint density at radius 2 is 1.75 bits per heavy atom. The summed E-state index contributed by atoms with van der Waals surface area (Å²) in [7, 11) is 1.52. The molecule has 2 aromatic carbocycles. The molecular weight excluding hydrogens is 306 g/mol. The first kappa shape index (κ1) is 15.8. The number of aliphatic carboxylic acids is 1. The summed E-state index contributed by atoms with van der Waals surface area (Å²) in [5.74, 6) is -0.678. The zero-order valence-corrected chi connectivity index (χ0v) is 13.4. The molecule has 1 N–H and O–H groups in total. The lowest BCUT2D eigenvalue weighted by molar-refractivity contribution is -0.136. The maximum Gasteiger partial charge on any atom is 0.307 e. The zero-order chi connectivity index (χ0) is 17.3.